The topological polar surface area (TPSA) is 43.8 Å². The highest BCUT2D eigenvalue weighted by atomic mass is 32.2. The van der Waals surface area contributed by atoms with Crippen LogP contribution in [0.5, 0.6) is 0 Å². The number of aliphatic hydroxyl groups is 1. The molecule has 1 amide bonds. The van der Waals surface area contributed by atoms with E-state index in [0.29, 0.717) is 5.91 Å². The summed E-state index contributed by atoms with van der Waals surface area (Å²) in [4.78, 5) is 17.0. The molecule has 0 bridgehead atoms. The number of carbonyl (C=O) groups excluding carboxylic acids is 1. The zero-order valence-electron chi connectivity index (χ0n) is 11.7. The fourth-order valence-electron chi connectivity index (χ4n) is 2.97. The normalized spacial score (nSPS) is 24.9. The van der Waals surface area contributed by atoms with Crippen LogP contribution in [-0.2, 0) is 4.79 Å². The average Bonchev–Trinajstić information content (AvgIpc) is 2.92. The first-order valence-electron chi connectivity index (χ1n) is 7.54. The predicted molar refractivity (Wildman–Crippen MR) is 79.4 cm³/mol. The molecule has 2 fully saturated rings. The Morgan fingerprint density at radius 1 is 1.16 bits per heavy atom. The summed E-state index contributed by atoms with van der Waals surface area (Å²) in [6.45, 7) is 4.22. The van der Waals surface area contributed by atoms with Crippen LogP contribution in [0.4, 0.5) is 0 Å². The Hall–Kier alpha value is -0.260. The number of unbranched alkanes of at least 4 members (excludes halogenated alkanes) is 2. The van der Waals surface area contributed by atoms with Gasteiger partial charge in [0.05, 0.1) is 6.04 Å². The number of rotatable bonds is 6. The molecule has 1 unspecified atom stereocenters. The van der Waals surface area contributed by atoms with Crippen LogP contribution in [0, 0.1) is 0 Å². The van der Waals surface area contributed by atoms with Crippen molar-refractivity contribution in [1.82, 2.24) is 9.80 Å². The molecular weight excluding hydrogens is 260 g/mol. The van der Waals surface area contributed by atoms with Crippen molar-refractivity contribution in [2.24, 2.45) is 0 Å². The SMILES string of the molecule is O=C(C1CCCN1CCCCCO)N1CCSCC1. The van der Waals surface area contributed by atoms with Gasteiger partial charge >= 0.3 is 0 Å². The quantitative estimate of drug-likeness (QED) is 0.745. The van der Waals surface area contributed by atoms with Crippen LogP contribution >= 0.6 is 11.8 Å². The molecular formula is C14H26N2O2S. The van der Waals surface area contributed by atoms with Crippen molar-refractivity contribution >= 4 is 17.7 Å². The maximum absolute atomic E-state index is 12.5. The Balaban J connectivity index is 1.78. The third-order valence-electron chi connectivity index (χ3n) is 4.07. The molecule has 2 aliphatic heterocycles. The van der Waals surface area contributed by atoms with Crippen LogP contribution in [0.15, 0.2) is 0 Å². The summed E-state index contributed by atoms with van der Waals surface area (Å²) in [5.41, 5.74) is 0. The number of carbonyl (C=O) groups is 1. The zero-order valence-corrected chi connectivity index (χ0v) is 12.5. The largest absolute Gasteiger partial charge is 0.396 e. The van der Waals surface area contributed by atoms with Gasteiger partial charge in [-0.2, -0.15) is 11.8 Å². The van der Waals surface area contributed by atoms with Gasteiger partial charge < -0.3 is 10.0 Å². The van der Waals surface area contributed by atoms with E-state index in [4.69, 9.17) is 5.11 Å². The molecule has 0 spiro atoms. The lowest BCUT2D eigenvalue weighted by molar-refractivity contribution is -0.135. The van der Waals surface area contributed by atoms with Gasteiger partial charge in [0, 0.05) is 31.2 Å². The van der Waals surface area contributed by atoms with Crippen molar-refractivity contribution in [2.75, 3.05) is 44.3 Å². The van der Waals surface area contributed by atoms with Crippen molar-refractivity contribution in [3.8, 4) is 0 Å². The standard InChI is InChI=1S/C14H26N2O2S/c17-10-3-1-2-6-15-7-4-5-13(15)14(18)16-8-11-19-12-9-16/h13,17H,1-12H2. The number of thioether (sulfide) groups is 1. The first-order chi connectivity index (χ1) is 9.33. The van der Waals surface area contributed by atoms with E-state index in [9.17, 15) is 4.79 Å². The molecule has 2 heterocycles. The molecule has 0 aliphatic carbocycles. The van der Waals surface area contributed by atoms with Crippen molar-refractivity contribution in [3.05, 3.63) is 0 Å². The Labute approximate surface area is 120 Å². The third kappa shape index (κ3) is 4.36. The second-order valence-corrected chi connectivity index (χ2v) is 6.64. The third-order valence-corrected chi connectivity index (χ3v) is 5.02. The molecule has 4 nitrogen and oxygen atoms in total. The van der Waals surface area contributed by atoms with E-state index in [-0.39, 0.29) is 12.6 Å². The lowest BCUT2D eigenvalue weighted by atomic mass is 10.1. The number of likely N-dealkylation sites (tertiary alicyclic amines) is 1. The van der Waals surface area contributed by atoms with Gasteiger partial charge in [0.2, 0.25) is 5.91 Å². The highest BCUT2D eigenvalue weighted by Crippen LogP contribution is 2.21. The van der Waals surface area contributed by atoms with E-state index in [1.165, 1.54) is 0 Å². The number of aliphatic hydroxyl groups excluding tert-OH is 1. The highest BCUT2D eigenvalue weighted by molar-refractivity contribution is 7.99. The number of hydrogen-bond acceptors (Lipinski definition) is 4. The average molecular weight is 286 g/mol. The van der Waals surface area contributed by atoms with Gasteiger partial charge in [0.15, 0.2) is 0 Å². The summed E-state index contributed by atoms with van der Waals surface area (Å²) in [6.07, 6.45) is 5.23. The second kappa shape index (κ2) is 8.12. The first-order valence-corrected chi connectivity index (χ1v) is 8.70. The number of amides is 1. The Morgan fingerprint density at radius 2 is 1.95 bits per heavy atom. The Kier molecular flexibility index (Phi) is 6.47. The Bertz CT molecular complexity index is 283. The van der Waals surface area contributed by atoms with Crippen LogP contribution in [0.2, 0.25) is 0 Å². The zero-order chi connectivity index (χ0) is 13.5. The molecule has 0 aromatic rings. The van der Waals surface area contributed by atoms with Crippen molar-refractivity contribution in [1.29, 1.82) is 0 Å². The van der Waals surface area contributed by atoms with Crippen LogP contribution < -0.4 is 0 Å². The van der Waals surface area contributed by atoms with Crippen molar-refractivity contribution in [3.63, 3.8) is 0 Å². The summed E-state index contributed by atoms with van der Waals surface area (Å²) in [5, 5.41) is 8.79. The minimum absolute atomic E-state index is 0.136. The van der Waals surface area contributed by atoms with Gasteiger partial charge in [0.25, 0.3) is 0 Å². The molecule has 0 saturated carbocycles. The number of nitrogens with zero attached hydrogens (tertiary/aromatic N) is 2. The highest BCUT2D eigenvalue weighted by Gasteiger charge is 2.33. The molecule has 2 aliphatic rings. The number of hydrogen-bond donors (Lipinski definition) is 1. The maximum atomic E-state index is 12.5. The molecule has 0 aromatic carbocycles. The van der Waals surface area contributed by atoms with Crippen LogP contribution in [0.3, 0.4) is 0 Å². The van der Waals surface area contributed by atoms with E-state index < -0.39 is 0 Å². The fourth-order valence-corrected chi connectivity index (χ4v) is 3.87. The molecule has 0 radical (unpaired) electrons. The summed E-state index contributed by atoms with van der Waals surface area (Å²) >= 11 is 1.95. The molecule has 2 saturated heterocycles. The van der Waals surface area contributed by atoms with E-state index in [0.717, 1.165) is 69.8 Å². The summed E-state index contributed by atoms with van der Waals surface area (Å²) in [6, 6.07) is 0.136. The van der Waals surface area contributed by atoms with Gasteiger partial charge in [-0.1, -0.05) is 0 Å². The fraction of sp³-hybridized carbons (Fsp3) is 0.929. The smallest absolute Gasteiger partial charge is 0.239 e. The van der Waals surface area contributed by atoms with E-state index in [2.05, 4.69) is 9.80 Å². The molecule has 19 heavy (non-hydrogen) atoms. The summed E-state index contributed by atoms with van der Waals surface area (Å²) < 4.78 is 0. The molecule has 110 valence electrons. The first kappa shape index (κ1) is 15.1. The molecule has 1 N–H and O–H groups in total. The van der Waals surface area contributed by atoms with E-state index in [1.54, 1.807) is 0 Å². The summed E-state index contributed by atoms with van der Waals surface area (Å²) in [7, 11) is 0. The molecule has 2 rings (SSSR count). The maximum Gasteiger partial charge on any atom is 0.239 e. The monoisotopic (exact) mass is 286 g/mol. The van der Waals surface area contributed by atoms with E-state index in [1.807, 2.05) is 11.8 Å². The second-order valence-electron chi connectivity index (χ2n) is 5.42. The van der Waals surface area contributed by atoms with Crippen LogP contribution in [-0.4, -0.2) is 71.1 Å². The lowest BCUT2D eigenvalue weighted by Crippen LogP contribution is -2.48. The molecule has 0 aromatic heterocycles. The van der Waals surface area contributed by atoms with Crippen molar-refractivity contribution in [2.45, 2.75) is 38.1 Å². The van der Waals surface area contributed by atoms with E-state index >= 15 is 0 Å². The molecule has 5 heteroatoms. The van der Waals surface area contributed by atoms with Gasteiger partial charge in [0.1, 0.15) is 0 Å². The summed E-state index contributed by atoms with van der Waals surface area (Å²) in [5.74, 6) is 2.55. The van der Waals surface area contributed by atoms with Gasteiger partial charge in [-0.15, -0.1) is 0 Å². The minimum atomic E-state index is 0.136. The van der Waals surface area contributed by atoms with Crippen molar-refractivity contribution < 1.29 is 9.90 Å². The predicted octanol–water partition coefficient (Wildman–Crippen LogP) is 1.19. The lowest BCUT2D eigenvalue weighted by Gasteiger charge is -2.32. The van der Waals surface area contributed by atoms with Gasteiger partial charge in [-0.3, -0.25) is 9.69 Å². The van der Waals surface area contributed by atoms with Gasteiger partial charge in [-0.05, 0) is 45.2 Å². The van der Waals surface area contributed by atoms with Crippen LogP contribution in [0.25, 0.3) is 0 Å². The Morgan fingerprint density at radius 3 is 2.68 bits per heavy atom. The minimum Gasteiger partial charge on any atom is -0.396 e. The van der Waals surface area contributed by atoms with Gasteiger partial charge in [-0.25, -0.2) is 0 Å². The van der Waals surface area contributed by atoms with Crippen LogP contribution in [0.1, 0.15) is 32.1 Å². The molecule has 1 atom stereocenters.